The Morgan fingerprint density at radius 3 is 2.50 bits per heavy atom. The van der Waals surface area contributed by atoms with Gasteiger partial charge >= 0.3 is 0 Å². The van der Waals surface area contributed by atoms with Gasteiger partial charge in [-0.2, -0.15) is 0 Å². The van der Waals surface area contributed by atoms with Gasteiger partial charge in [-0.3, -0.25) is 19.1 Å². The van der Waals surface area contributed by atoms with E-state index in [2.05, 4.69) is 15.5 Å². The maximum absolute atomic E-state index is 13.5. The lowest BCUT2D eigenvalue weighted by Crippen LogP contribution is -2.60. The van der Waals surface area contributed by atoms with Gasteiger partial charge in [0.25, 0.3) is 0 Å². The number of hydrogen-bond donors (Lipinski definition) is 1. The van der Waals surface area contributed by atoms with E-state index in [1.54, 1.807) is 31.1 Å². The molecule has 2 amide bonds. The van der Waals surface area contributed by atoms with Gasteiger partial charge in [0.05, 0.1) is 22.3 Å². The topological polar surface area (TPSA) is 80.1 Å². The second-order valence-corrected chi connectivity index (χ2v) is 9.04. The van der Waals surface area contributed by atoms with Crippen LogP contribution in [0, 0.1) is 6.92 Å². The average molecular weight is 422 g/mol. The van der Waals surface area contributed by atoms with Crippen LogP contribution < -0.4 is 10.2 Å². The van der Waals surface area contributed by atoms with Gasteiger partial charge in [0, 0.05) is 0 Å². The van der Waals surface area contributed by atoms with Crippen LogP contribution in [-0.4, -0.2) is 37.4 Å². The summed E-state index contributed by atoms with van der Waals surface area (Å²) in [5.74, 6) is -0.374. The lowest BCUT2D eigenvalue weighted by atomic mass is 9.96. The molecule has 1 aromatic heterocycles. The number of carbonyl (C=O) groups excluding carboxylic acids is 2. The number of fused-ring (bicyclic) bond motifs is 1. The van der Waals surface area contributed by atoms with Crippen LogP contribution in [0.5, 0.6) is 0 Å². The standard InChI is InChI=1S/C22H23N5O2S/c1-14-9-5-7-11-17(14)26-13-23-25-21(26)30-15(2)19(28)27-18-12-8-6-10-16(18)24-20(29)22(27,3)4/h5-13,15H,1-4H3,(H,24,29). The molecule has 30 heavy (non-hydrogen) atoms. The van der Waals surface area contributed by atoms with Gasteiger partial charge in [-0.15, -0.1) is 10.2 Å². The summed E-state index contributed by atoms with van der Waals surface area (Å²) in [4.78, 5) is 27.8. The second kappa shape index (κ2) is 7.60. The molecule has 3 aromatic rings. The number of amides is 2. The van der Waals surface area contributed by atoms with Crippen molar-refractivity contribution in [3.63, 3.8) is 0 Å². The van der Waals surface area contributed by atoms with Gasteiger partial charge in [0.2, 0.25) is 11.8 Å². The van der Waals surface area contributed by atoms with Gasteiger partial charge in [0.15, 0.2) is 5.16 Å². The van der Waals surface area contributed by atoms with E-state index in [0.29, 0.717) is 16.5 Å². The van der Waals surface area contributed by atoms with Gasteiger partial charge in [-0.05, 0) is 51.5 Å². The van der Waals surface area contributed by atoms with Crippen LogP contribution in [-0.2, 0) is 9.59 Å². The third kappa shape index (κ3) is 3.37. The highest BCUT2D eigenvalue weighted by molar-refractivity contribution is 8.00. The normalized spacial score (nSPS) is 16.0. The van der Waals surface area contributed by atoms with Crippen molar-refractivity contribution in [3.05, 3.63) is 60.4 Å². The Kier molecular flexibility index (Phi) is 5.11. The predicted molar refractivity (Wildman–Crippen MR) is 118 cm³/mol. The Balaban J connectivity index is 1.65. The molecule has 0 bridgehead atoms. The van der Waals surface area contributed by atoms with Crippen molar-refractivity contribution in [2.45, 2.75) is 43.6 Å². The minimum atomic E-state index is -1.01. The van der Waals surface area contributed by atoms with Crippen molar-refractivity contribution in [2.24, 2.45) is 0 Å². The summed E-state index contributed by atoms with van der Waals surface area (Å²) in [7, 11) is 0. The van der Waals surface area contributed by atoms with Gasteiger partial charge < -0.3 is 5.32 Å². The smallest absolute Gasteiger partial charge is 0.250 e. The van der Waals surface area contributed by atoms with E-state index < -0.39 is 10.8 Å². The molecule has 1 aliphatic rings. The Hall–Kier alpha value is -3.13. The molecule has 1 unspecified atom stereocenters. The molecular weight excluding hydrogens is 398 g/mol. The first-order chi connectivity index (χ1) is 14.3. The average Bonchev–Trinajstić information content (AvgIpc) is 3.16. The number of aromatic nitrogens is 3. The monoisotopic (exact) mass is 421 g/mol. The maximum atomic E-state index is 13.5. The summed E-state index contributed by atoms with van der Waals surface area (Å²) in [6.45, 7) is 7.35. The summed E-state index contributed by atoms with van der Waals surface area (Å²) < 4.78 is 1.88. The van der Waals surface area contributed by atoms with Crippen molar-refractivity contribution in [1.29, 1.82) is 0 Å². The first-order valence-electron chi connectivity index (χ1n) is 9.68. The van der Waals surface area contributed by atoms with Gasteiger partial charge in [0.1, 0.15) is 11.9 Å². The fourth-order valence-corrected chi connectivity index (χ4v) is 4.42. The quantitative estimate of drug-likeness (QED) is 0.648. The third-order valence-electron chi connectivity index (χ3n) is 5.25. The Morgan fingerprint density at radius 2 is 1.77 bits per heavy atom. The SMILES string of the molecule is Cc1ccccc1-n1cnnc1SC(C)C(=O)N1c2ccccc2NC(=O)C1(C)C. The molecule has 154 valence electrons. The highest BCUT2D eigenvalue weighted by atomic mass is 32.2. The minimum Gasteiger partial charge on any atom is -0.322 e. The molecule has 0 saturated carbocycles. The van der Waals surface area contributed by atoms with Crippen molar-refractivity contribution >= 4 is 35.0 Å². The number of benzene rings is 2. The largest absolute Gasteiger partial charge is 0.322 e. The molecule has 2 aromatic carbocycles. The molecule has 2 heterocycles. The number of para-hydroxylation sites is 3. The number of anilines is 2. The number of nitrogens with zero attached hydrogens (tertiary/aromatic N) is 4. The summed E-state index contributed by atoms with van der Waals surface area (Å²) in [6, 6.07) is 15.3. The lowest BCUT2D eigenvalue weighted by molar-refractivity contribution is -0.126. The second-order valence-electron chi connectivity index (χ2n) is 7.73. The number of aryl methyl sites for hydroxylation is 1. The number of nitrogens with one attached hydrogen (secondary N) is 1. The Bertz CT molecular complexity index is 1120. The van der Waals surface area contributed by atoms with Gasteiger partial charge in [-0.25, -0.2) is 0 Å². The van der Waals surface area contributed by atoms with Crippen molar-refractivity contribution in [2.75, 3.05) is 10.2 Å². The summed E-state index contributed by atoms with van der Waals surface area (Å²) in [6.07, 6.45) is 1.65. The number of carbonyl (C=O) groups is 2. The van der Waals surface area contributed by atoms with E-state index in [4.69, 9.17) is 0 Å². The third-order valence-corrected chi connectivity index (χ3v) is 6.29. The molecule has 8 heteroatoms. The minimum absolute atomic E-state index is 0.161. The highest BCUT2D eigenvalue weighted by Gasteiger charge is 2.45. The molecule has 4 rings (SSSR count). The van der Waals surface area contributed by atoms with E-state index >= 15 is 0 Å². The zero-order valence-electron chi connectivity index (χ0n) is 17.3. The van der Waals surface area contributed by atoms with Crippen LogP contribution in [0.15, 0.2) is 60.0 Å². The fraction of sp³-hybridized carbons (Fsp3) is 0.273. The highest BCUT2D eigenvalue weighted by Crippen LogP contribution is 2.38. The molecule has 0 fully saturated rings. The maximum Gasteiger partial charge on any atom is 0.250 e. The molecular formula is C22H23N5O2S. The van der Waals surface area contributed by atoms with E-state index in [0.717, 1.165) is 11.3 Å². The van der Waals surface area contributed by atoms with Gasteiger partial charge in [-0.1, -0.05) is 42.1 Å². The van der Waals surface area contributed by atoms with Crippen LogP contribution in [0.1, 0.15) is 26.3 Å². The first-order valence-corrected chi connectivity index (χ1v) is 10.6. The molecule has 7 nitrogen and oxygen atoms in total. The Labute approximate surface area is 179 Å². The first kappa shape index (κ1) is 20.2. The Morgan fingerprint density at radius 1 is 1.10 bits per heavy atom. The van der Waals surface area contributed by atoms with Crippen LogP contribution >= 0.6 is 11.8 Å². The molecule has 0 saturated heterocycles. The van der Waals surface area contributed by atoms with E-state index in [1.165, 1.54) is 11.8 Å². The lowest BCUT2D eigenvalue weighted by Gasteiger charge is -2.43. The van der Waals surface area contributed by atoms with Crippen LogP contribution in [0.3, 0.4) is 0 Å². The zero-order valence-corrected chi connectivity index (χ0v) is 18.1. The summed E-state index contributed by atoms with van der Waals surface area (Å²) in [5.41, 5.74) is 2.37. The molecule has 0 spiro atoms. The van der Waals surface area contributed by atoms with Crippen LogP contribution in [0.25, 0.3) is 5.69 Å². The molecule has 1 N–H and O–H groups in total. The molecule has 0 aliphatic carbocycles. The van der Waals surface area contributed by atoms with Crippen molar-refractivity contribution in [3.8, 4) is 5.69 Å². The van der Waals surface area contributed by atoms with Crippen molar-refractivity contribution in [1.82, 2.24) is 14.8 Å². The fourth-order valence-electron chi connectivity index (χ4n) is 3.54. The van der Waals surface area contributed by atoms with E-state index in [1.807, 2.05) is 60.9 Å². The molecule has 0 radical (unpaired) electrons. The summed E-state index contributed by atoms with van der Waals surface area (Å²) in [5, 5.41) is 11.3. The van der Waals surface area contributed by atoms with Crippen LogP contribution in [0.2, 0.25) is 0 Å². The van der Waals surface area contributed by atoms with Crippen LogP contribution in [0.4, 0.5) is 11.4 Å². The molecule has 1 atom stereocenters. The van der Waals surface area contributed by atoms with E-state index in [9.17, 15) is 9.59 Å². The number of thioether (sulfide) groups is 1. The number of rotatable bonds is 4. The predicted octanol–water partition coefficient (Wildman–Crippen LogP) is 3.82. The summed E-state index contributed by atoms with van der Waals surface area (Å²) >= 11 is 1.33. The van der Waals surface area contributed by atoms with Crippen molar-refractivity contribution < 1.29 is 9.59 Å². The number of hydrogen-bond acceptors (Lipinski definition) is 5. The van der Waals surface area contributed by atoms with E-state index in [-0.39, 0.29) is 11.8 Å². The molecule has 1 aliphatic heterocycles. The zero-order chi connectivity index (χ0) is 21.5.